The zero-order chi connectivity index (χ0) is 17.9. The highest BCUT2D eigenvalue weighted by molar-refractivity contribution is 5.78. The Morgan fingerprint density at radius 3 is 2.42 bits per heavy atom. The zero-order valence-corrected chi connectivity index (χ0v) is 15.6. The van der Waals surface area contributed by atoms with Crippen molar-refractivity contribution in [3.8, 4) is 0 Å². The molecule has 1 aliphatic heterocycles. The molecule has 1 amide bonds. The van der Waals surface area contributed by atoms with E-state index in [2.05, 4.69) is 25.0 Å². The zero-order valence-electron chi connectivity index (χ0n) is 15.6. The van der Waals surface area contributed by atoms with E-state index in [9.17, 15) is 9.90 Å². The second-order valence-corrected chi connectivity index (χ2v) is 8.21. The van der Waals surface area contributed by atoms with Gasteiger partial charge in [-0.3, -0.25) is 9.69 Å². The topological polar surface area (TPSA) is 83.3 Å². The molecule has 144 valence electrons. The number of aromatic nitrogens is 3. The summed E-state index contributed by atoms with van der Waals surface area (Å²) < 4.78 is 2.14. The number of likely N-dealkylation sites (tertiary alicyclic amines) is 1. The van der Waals surface area contributed by atoms with Gasteiger partial charge in [0.2, 0.25) is 5.91 Å². The second kappa shape index (κ2) is 8.05. The standard InChI is InChI=1S/C19H31N5O2/c25-13-17-21-22-19(24(17)16-6-7-16)14-10-15(11-14)20-18(26)12-23-8-4-2-1-3-5-9-23/h14-16,25H,1-13H2,(H,20,26). The van der Waals surface area contributed by atoms with E-state index in [4.69, 9.17) is 0 Å². The molecule has 2 aliphatic carbocycles. The van der Waals surface area contributed by atoms with E-state index in [-0.39, 0.29) is 18.6 Å². The van der Waals surface area contributed by atoms with E-state index in [1.165, 1.54) is 32.1 Å². The van der Waals surface area contributed by atoms with Crippen molar-refractivity contribution in [2.75, 3.05) is 19.6 Å². The summed E-state index contributed by atoms with van der Waals surface area (Å²) >= 11 is 0. The van der Waals surface area contributed by atoms with E-state index in [1.54, 1.807) is 0 Å². The predicted octanol–water partition coefficient (Wildman–Crippen LogP) is 1.73. The molecule has 1 aromatic heterocycles. The summed E-state index contributed by atoms with van der Waals surface area (Å²) in [6.07, 6.45) is 10.5. The van der Waals surface area contributed by atoms with Crippen LogP contribution in [-0.4, -0.2) is 56.4 Å². The molecule has 7 nitrogen and oxygen atoms in total. The van der Waals surface area contributed by atoms with E-state index in [0.717, 1.165) is 44.6 Å². The number of rotatable bonds is 6. The highest BCUT2D eigenvalue weighted by Gasteiger charge is 2.38. The highest BCUT2D eigenvalue weighted by atomic mass is 16.3. The quantitative estimate of drug-likeness (QED) is 0.806. The first-order chi connectivity index (χ1) is 12.7. The lowest BCUT2D eigenvalue weighted by molar-refractivity contribution is -0.123. The fraction of sp³-hybridized carbons (Fsp3) is 0.842. The third-order valence-corrected chi connectivity index (χ3v) is 6.03. The van der Waals surface area contributed by atoms with Crippen LogP contribution in [0.4, 0.5) is 0 Å². The maximum absolute atomic E-state index is 12.4. The number of amides is 1. The van der Waals surface area contributed by atoms with Crippen molar-refractivity contribution >= 4 is 5.91 Å². The first-order valence-electron chi connectivity index (χ1n) is 10.3. The predicted molar refractivity (Wildman–Crippen MR) is 97.6 cm³/mol. The number of carbonyl (C=O) groups is 1. The van der Waals surface area contributed by atoms with Gasteiger partial charge in [0.25, 0.3) is 0 Å². The molecule has 2 saturated carbocycles. The SMILES string of the molecule is O=C(CN1CCCCCCC1)NC1CC(c2nnc(CO)n2C2CC2)C1. The summed E-state index contributed by atoms with van der Waals surface area (Å²) in [7, 11) is 0. The van der Waals surface area contributed by atoms with Crippen molar-refractivity contribution in [2.24, 2.45) is 0 Å². The summed E-state index contributed by atoms with van der Waals surface area (Å²) in [5, 5.41) is 21.1. The Kier molecular flexibility index (Phi) is 5.55. The minimum Gasteiger partial charge on any atom is -0.388 e. The Bertz CT molecular complexity index is 613. The van der Waals surface area contributed by atoms with Gasteiger partial charge in [-0.25, -0.2) is 0 Å². The molecule has 0 spiro atoms. The lowest BCUT2D eigenvalue weighted by atomic mass is 9.79. The molecule has 3 fully saturated rings. The monoisotopic (exact) mass is 361 g/mol. The van der Waals surface area contributed by atoms with E-state index in [1.807, 2.05) is 0 Å². The number of hydrogen-bond acceptors (Lipinski definition) is 5. The van der Waals surface area contributed by atoms with Gasteiger partial charge in [0.15, 0.2) is 5.82 Å². The summed E-state index contributed by atoms with van der Waals surface area (Å²) in [5.41, 5.74) is 0. The molecule has 1 saturated heterocycles. The molecular formula is C19H31N5O2. The van der Waals surface area contributed by atoms with Crippen LogP contribution in [0.3, 0.4) is 0 Å². The molecule has 26 heavy (non-hydrogen) atoms. The Morgan fingerprint density at radius 2 is 1.77 bits per heavy atom. The molecule has 0 unspecified atom stereocenters. The molecule has 2 heterocycles. The van der Waals surface area contributed by atoms with Gasteiger partial charge >= 0.3 is 0 Å². The maximum atomic E-state index is 12.4. The summed E-state index contributed by atoms with van der Waals surface area (Å²) in [5.74, 6) is 2.21. The third-order valence-electron chi connectivity index (χ3n) is 6.03. The number of aliphatic hydroxyl groups excluding tert-OH is 1. The van der Waals surface area contributed by atoms with Gasteiger partial charge < -0.3 is 15.0 Å². The number of aliphatic hydroxyl groups is 1. The minimum absolute atomic E-state index is 0.0494. The van der Waals surface area contributed by atoms with Crippen LogP contribution < -0.4 is 5.32 Å². The van der Waals surface area contributed by atoms with Gasteiger partial charge in [-0.05, 0) is 51.6 Å². The van der Waals surface area contributed by atoms with Crippen LogP contribution in [-0.2, 0) is 11.4 Å². The molecule has 0 aromatic carbocycles. The molecule has 4 rings (SSSR count). The lowest BCUT2D eigenvalue weighted by Crippen LogP contribution is -2.48. The molecular weight excluding hydrogens is 330 g/mol. The molecule has 0 bridgehead atoms. The number of carbonyl (C=O) groups excluding carboxylic acids is 1. The smallest absolute Gasteiger partial charge is 0.234 e. The fourth-order valence-electron chi connectivity index (χ4n) is 4.35. The van der Waals surface area contributed by atoms with Crippen LogP contribution >= 0.6 is 0 Å². The number of hydrogen-bond donors (Lipinski definition) is 2. The molecule has 0 atom stereocenters. The molecule has 7 heteroatoms. The van der Waals surface area contributed by atoms with Crippen LogP contribution in [0.5, 0.6) is 0 Å². The molecule has 2 N–H and O–H groups in total. The largest absolute Gasteiger partial charge is 0.388 e. The maximum Gasteiger partial charge on any atom is 0.234 e. The van der Waals surface area contributed by atoms with E-state index in [0.29, 0.717) is 24.3 Å². The van der Waals surface area contributed by atoms with Gasteiger partial charge in [0.05, 0.1) is 6.54 Å². The van der Waals surface area contributed by atoms with Crippen molar-refractivity contribution in [2.45, 2.75) is 82.4 Å². The van der Waals surface area contributed by atoms with Crippen molar-refractivity contribution in [3.05, 3.63) is 11.6 Å². The Labute approximate surface area is 155 Å². The average molecular weight is 361 g/mol. The van der Waals surface area contributed by atoms with Gasteiger partial charge in [-0.2, -0.15) is 0 Å². The van der Waals surface area contributed by atoms with Crippen molar-refractivity contribution in [1.29, 1.82) is 0 Å². The number of nitrogens with one attached hydrogen (secondary N) is 1. The Morgan fingerprint density at radius 1 is 1.08 bits per heavy atom. The second-order valence-electron chi connectivity index (χ2n) is 8.21. The van der Waals surface area contributed by atoms with Crippen molar-refractivity contribution < 1.29 is 9.90 Å². The minimum atomic E-state index is -0.0494. The normalized spacial score (nSPS) is 27.4. The van der Waals surface area contributed by atoms with Crippen LogP contribution in [0.1, 0.15) is 81.4 Å². The van der Waals surface area contributed by atoms with Crippen LogP contribution in [0, 0.1) is 0 Å². The number of nitrogens with zero attached hydrogens (tertiary/aromatic N) is 4. The Balaban J connectivity index is 1.25. The molecule has 1 aromatic rings. The lowest BCUT2D eigenvalue weighted by Gasteiger charge is -2.36. The Hall–Kier alpha value is -1.47. The average Bonchev–Trinajstić information content (AvgIpc) is 3.32. The van der Waals surface area contributed by atoms with Crippen LogP contribution in [0.2, 0.25) is 0 Å². The summed E-state index contributed by atoms with van der Waals surface area (Å²) in [6, 6.07) is 0.729. The van der Waals surface area contributed by atoms with Gasteiger partial charge in [-0.1, -0.05) is 19.3 Å². The summed E-state index contributed by atoms with van der Waals surface area (Å²) in [6.45, 7) is 2.59. The summed E-state index contributed by atoms with van der Waals surface area (Å²) in [4.78, 5) is 14.7. The first-order valence-corrected chi connectivity index (χ1v) is 10.3. The van der Waals surface area contributed by atoms with Gasteiger partial charge in [0.1, 0.15) is 12.4 Å². The molecule has 3 aliphatic rings. The fourth-order valence-corrected chi connectivity index (χ4v) is 4.35. The molecule has 0 radical (unpaired) electrons. The van der Waals surface area contributed by atoms with E-state index < -0.39 is 0 Å². The van der Waals surface area contributed by atoms with E-state index >= 15 is 0 Å². The first kappa shape index (κ1) is 17.9. The van der Waals surface area contributed by atoms with Crippen molar-refractivity contribution in [1.82, 2.24) is 25.0 Å². The van der Waals surface area contributed by atoms with Crippen molar-refractivity contribution in [3.63, 3.8) is 0 Å². The van der Waals surface area contributed by atoms with Gasteiger partial charge in [0, 0.05) is 18.0 Å². The van der Waals surface area contributed by atoms with Crippen LogP contribution in [0.25, 0.3) is 0 Å². The third kappa shape index (κ3) is 4.09. The highest BCUT2D eigenvalue weighted by Crippen LogP contribution is 2.42. The van der Waals surface area contributed by atoms with Crippen LogP contribution in [0.15, 0.2) is 0 Å². The van der Waals surface area contributed by atoms with Gasteiger partial charge in [-0.15, -0.1) is 10.2 Å².